The average molecular weight is 451 g/mol. The number of fused-ring (bicyclic) bond motifs is 1. The first-order valence-corrected chi connectivity index (χ1v) is 12.4. The summed E-state index contributed by atoms with van der Waals surface area (Å²) in [5, 5.41) is 10.0. The fraction of sp³-hybridized carbons (Fsp3) is 0.769. The zero-order valence-electron chi connectivity index (χ0n) is 20.2. The molecule has 2 fully saturated rings. The molecular weight excluding hydrogens is 408 g/mol. The lowest BCUT2D eigenvalue weighted by Crippen LogP contribution is -2.30. The quantitative estimate of drug-likeness (QED) is 0.415. The van der Waals surface area contributed by atoms with Crippen molar-refractivity contribution in [3.63, 3.8) is 0 Å². The van der Waals surface area contributed by atoms with Crippen LogP contribution in [0.1, 0.15) is 65.4 Å². The first-order chi connectivity index (χ1) is 15.5. The summed E-state index contributed by atoms with van der Waals surface area (Å²) in [4.78, 5) is 0. The van der Waals surface area contributed by atoms with Crippen LogP contribution in [0, 0.1) is 11.8 Å². The number of ether oxygens (including phenoxy) is 5. The van der Waals surface area contributed by atoms with Crippen LogP contribution in [-0.2, 0) is 30.1 Å². The van der Waals surface area contributed by atoms with Gasteiger partial charge in [0.15, 0.2) is 18.9 Å². The van der Waals surface area contributed by atoms with Crippen molar-refractivity contribution < 1.29 is 28.8 Å². The average Bonchev–Trinajstić information content (AvgIpc) is 3.26. The molecule has 1 aliphatic carbocycles. The zero-order chi connectivity index (χ0) is 22.9. The van der Waals surface area contributed by atoms with E-state index < -0.39 is 6.29 Å². The van der Waals surface area contributed by atoms with E-state index in [0.717, 1.165) is 32.1 Å². The third-order valence-corrected chi connectivity index (χ3v) is 6.75. The van der Waals surface area contributed by atoms with E-state index in [1.54, 1.807) is 0 Å². The standard InChI is InChI=1S/C26H42O6/c1-5-28-18(3)30-21(13-12-20-10-8-7-9-11-20)14-15-22-23-16-26(27)32-25(23)17-24(22)31-19(4)29-6-2/h7-11,18-19,21-27H,5-6,12-17H2,1-4H3/t18?,19?,21-,22+,23+,24+,25-,26?/m0/s1. The van der Waals surface area contributed by atoms with Crippen LogP contribution in [0.5, 0.6) is 0 Å². The molecular formula is C26H42O6. The fourth-order valence-electron chi connectivity index (χ4n) is 5.36. The highest BCUT2D eigenvalue weighted by molar-refractivity contribution is 5.14. The Morgan fingerprint density at radius 2 is 1.72 bits per heavy atom. The Bertz CT molecular complexity index is 638. The van der Waals surface area contributed by atoms with Gasteiger partial charge in [-0.15, -0.1) is 0 Å². The Balaban J connectivity index is 1.62. The first-order valence-electron chi connectivity index (χ1n) is 12.4. The second-order valence-corrected chi connectivity index (χ2v) is 9.01. The van der Waals surface area contributed by atoms with Gasteiger partial charge in [-0.05, 0) is 70.8 Å². The van der Waals surface area contributed by atoms with E-state index in [1.165, 1.54) is 5.56 Å². The summed E-state index contributed by atoms with van der Waals surface area (Å²) in [6.07, 6.45) is 4.46. The normalized spacial score (nSPS) is 30.2. The maximum atomic E-state index is 10.0. The van der Waals surface area contributed by atoms with Crippen molar-refractivity contribution >= 4 is 0 Å². The molecule has 182 valence electrons. The molecule has 0 aromatic heterocycles. The molecule has 0 bridgehead atoms. The van der Waals surface area contributed by atoms with Crippen molar-refractivity contribution in [3.05, 3.63) is 35.9 Å². The maximum Gasteiger partial charge on any atom is 0.155 e. The smallest absolute Gasteiger partial charge is 0.155 e. The third-order valence-electron chi connectivity index (χ3n) is 6.75. The lowest BCUT2D eigenvalue weighted by atomic mass is 9.86. The predicted octanol–water partition coefficient (Wildman–Crippen LogP) is 4.68. The van der Waals surface area contributed by atoms with Crippen molar-refractivity contribution in [1.82, 2.24) is 0 Å². The SMILES string of the molecule is CCOC(C)O[C@@H](CCc1ccccc1)CC[C@@H]1[C@H]2CC(O)O[C@H]2C[C@H]1OC(C)OCC. The molecule has 6 heteroatoms. The molecule has 1 aromatic rings. The highest BCUT2D eigenvalue weighted by atomic mass is 16.7. The van der Waals surface area contributed by atoms with Crippen molar-refractivity contribution in [1.29, 1.82) is 0 Å². The Hall–Kier alpha value is -1.02. The van der Waals surface area contributed by atoms with E-state index in [9.17, 15) is 5.11 Å². The summed E-state index contributed by atoms with van der Waals surface area (Å²) >= 11 is 0. The van der Waals surface area contributed by atoms with Gasteiger partial charge < -0.3 is 28.8 Å². The molecule has 0 radical (unpaired) electrons. The number of benzene rings is 1. The molecule has 1 saturated carbocycles. The minimum Gasteiger partial charge on any atom is -0.368 e. The highest BCUT2D eigenvalue weighted by Crippen LogP contribution is 2.46. The van der Waals surface area contributed by atoms with Gasteiger partial charge in [0, 0.05) is 26.1 Å². The van der Waals surface area contributed by atoms with E-state index in [2.05, 4.69) is 24.3 Å². The molecule has 0 spiro atoms. The van der Waals surface area contributed by atoms with Gasteiger partial charge in [0.25, 0.3) is 0 Å². The van der Waals surface area contributed by atoms with Crippen molar-refractivity contribution in [3.8, 4) is 0 Å². The van der Waals surface area contributed by atoms with Crippen molar-refractivity contribution in [2.24, 2.45) is 11.8 Å². The second kappa shape index (κ2) is 13.0. The Labute approximate surface area is 193 Å². The number of rotatable bonds is 14. The fourth-order valence-corrected chi connectivity index (χ4v) is 5.36. The minimum atomic E-state index is -0.652. The number of hydrogen-bond acceptors (Lipinski definition) is 6. The molecule has 2 aliphatic rings. The highest BCUT2D eigenvalue weighted by Gasteiger charge is 2.50. The van der Waals surface area contributed by atoms with E-state index in [-0.39, 0.29) is 30.9 Å². The van der Waals surface area contributed by atoms with Gasteiger partial charge in [-0.25, -0.2) is 0 Å². The Morgan fingerprint density at radius 3 is 2.44 bits per heavy atom. The molecule has 1 heterocycles. The summed E-state index contributed by atoms with van der Waals surface area (Å²) in [5.41, 5.74) is 1.32. The number of hydrogen-bond donors (Lipinski definition) is 1. The molecule has 32 heavy (non-hydrogen) atoms. The van der Waals surface area contributed by atoms with Crippen LogP contribution < -0.4 is 0 Å². The lowest BCUT2D eigenvalue weighted by Gasteiger charge is -2.29. The number of aliphatic hydroxyl groups is 1. The first kappa shape index (κ1) is 25.6. The van der Waals surface area contributed by atoms with Gasteiger partial charge in [-0.1, -0.05) is 30.3 Å². The van der Waals surface area contributed by atoms with Gasteiger partial charge in [0.05, 0.1) is 18.3 Å². The predicted molar refractivity (Wildman–Crippen MR) is 123 cm³/mol. The summed E-state index contributed by atoms with van der Waals surface area (Å²) < 4.78 is 29.6. The van der Waals surface area contributed by atoms with Gasteiger partial charge in [-0.3, -0.25) is 0 Å². The Morgan fingerprint density at radius 1 is 1.00 bits per heavy atom. The molecule has 3 rings (SSSR count). The lowest BCUT2D eigenvalue weighted by molar-refractivity contribution is -0.176. The molecule has 1 aromatic carbocycles. The van der Waals surface area contributed by atoms with E-state index >= 15 is 0 Å². The van der Waals surface area contributed by atoms with Crippen molar-refractivity contribution in [2.45, 2.75) is 103 Å². The third kappa shape index (κ3) is 7.51. The van der Waals surface area contributed by atoms with Crippen LogP contribution in [0.2, 0.25) is 0 Å². The van der Waals surface area contributed by atoms with Crippen LogP contribution in [0.4, 0.5) is 0 Å². The van der Waals surface area contributed by atoms with Gasteiger partial charge in [-0.2, -0.15) is 0 Å². The monoisotopic (exact) mass is 450 g/mol. The molecule has 6 nitrogen and oxygen atoms in total. The van der Waals surface area contributed by atoms with E-state index in [1.807, 2.05) is 33.8 Å². The van der Waals surface area contributed by atoms with Crippen LogP contribution in [0.25, 0.3) is 0 Å². The van der Waals surface area contributed by atoms with Gasteiger partial charge in [0.1, 0.15) is 0 Å². The largest absolute Gasteiger partial charge is 0.368 e. The van der Waals surface area contributed by atoms with Crippen molar-refractivity contribution in [2.75, 3.05) is 13.2 Å². The molecule has 3 unspecified atom stereocenters. The summed E-state index contributed by atoms with van der Waals surface area (Å²) in [5.74, 6) is 0.646. The van der Waals surface area contributed by atoms with E-state index in [4.69, 9.17) is 23.7 Å². The van der Waals surface area contributed by atoms with Crippen LogP contribution in [0.3, 0.4) is 0 Å². The zero-order valence-corrected chi connectivity index (χ0v) is 20.2. The summed E-state index contributed by atoms with van der Waals surface area (Å²) in [6, 6.07) is 10.5. The van der Waals surface area contributed by atoms with Crippen LogP contribution in [0.15, 0.2) is 30.3 Å². The molecule has 1 aliphatic heterocycles. The minimum absolute atomic E-state index is 0.0693. The molecule has 1 saturated heterocycles. The second-order valence-electron chi connectivity index (χ2n) is 9.01. The number of aliphatic hydroxyl groups excluding tert-OH is 1. The summed E-state index contributed by atoms with van der Waals surface area (Å²) in [7, 11) is 0. The maximum absolute atomic E-state index is 10.0. The molecule has 8 atom stereocenters. The molecule has 0 amide bonds. The Kier molecular flexibility index (Phi) is 10.4. The van der Waals surface area contributed by atoms with Gasteiger partial charge in [0.2, 0.25) is 0 Å². The van der Waals surface area contributed by atoms with Crippen LogP contribution >= 0.6 is 0 Å². The summed E-state index contributed by atoms with van der Waals surface area (Å²) in [6.45, 7) is 9.17. The molecule has 1 N–H and O–H groups in total. The number of aryl methyl sites for hydroxylation is 1. The van der Waals surface area contributed by atoms with E-state index in [0.29, 0.717) is 31.5 Å². The van der Waals surface area contributed by atoms with Gasteiger partial charge >= 0.3 is 0 Å². The topological polar surface area (TPSA) is 66.4 Å². The van der Waals surface area contributed by atoms with Crippen LogP contribution in [-0.4, -0.2) is 55.5 Å².